The van der Waals surface area contributed by atoms with Crippen molar-refractivity contribution in [1.29, 1.82) is 0 Å². The van der Waals surface area contributed by atoms with Crippen LogP contribution >= 0.6 is 12.4 Å². The van der Waals surface area contributed by atoms with E-state index in [2.05, 4.69) is 10.1 Å². The molecule has 0 aromatic heterocycles. The number of ether oxygens (including phenoxy) is 1. The summed E-state index contributed by atoms with van der Waals surface area (Å²) in [4.78, 5) is 22.3. The van der Waals surface area contributed by atoms with Crippen molar-refractivity contribution in [1.82, 2.24) is 5.32 Å². The van der Waals surface area contributed by atoms with Crippen molar-refractivity contribution in [3.8, 4) is 0 Å². The lowest BCUT2D eigenvalue weighted by Crippen LogP contribution is -2.51. The lowest BCUT2D eigenvalue weighted by molar-refractivity contribution is -0.140. The van der Waals surface area contributed by atoms with Crippen molar-refractivity contribution in [3.05, 3.63) is 0 Å². The number of nitrogens with one attached hydrogen (secondary N) is 1. The average Bonchev–Trinajstić information content (AvgIpc) is 2.17. The Bertz CT molecular complexity index is 232. The van der Waals surface area contributed by atoms with Crippen molar-refractivity contribution < 1.29 is 14.3 Å². The lowest BCUT2D eigenvalue weighted by atomic mass is 9.96. The Morgan fingerprint density at radius 2 is 2.00 bits per heavy atom. The van der Waals surface area contributed by atoms with Crippen LogP contribution in [0.25, 0.3) is 0 Å². The third-order valence-corrected chi connectivity index (χ3v) is 2.13. The van der Waals surface area contributed by atoms with Crippen LogP contribution < -0.4 is 11.1 Å². The predicted molar refractivity (Wildman–Crippen MR) is 64.4 cm³/mol. The molecule has 1 atom stereocenters. The van der Waals surface area contributed by atoms with Crippen LogP contribution in [0.2, 0.25) is 0 Å². The molecule has 0 saturated carbocycles. The zero-order valence-corrected chi connectivity index (χ0v) is 10.9. The number of carbonyl (C=O) groups excluding carboxylic acids is 2. The van der Waals surface area contributed by atoms with Gasteiger partial charge in [-0.05, 0) is 13.3 Å². The topological polar surface area (TPSA) is 81.4 Å². The van der Waals surface area contributed by atoms with Gasteiger partial charge >= 0.3 is 5.97 Å². The predicted octanol–water partition coefficient (Wildman–Crippen LogP) is 0.605. The highest BCUT2D eigenvalue weighted by molar-refractivity contribution is 5.86. The highest BCUT2D eigenvalue weighted by atomic mass is 35.5. The Labute approximate surface area is 103 Å². The molecule has 0 aliphatic rings. The van der Waals surface area contributed by atoms with Gasteiger partial charge in [-0.3, -0.25) is 9.59 Å². The van der Waals surface area contributed by atoms with Crippen molar-refractivity contribution in [3.63, 3.8) is 0 Å². The second-order valence-electron chi connectivity index (χ2n) is 3.75. The fraction of sp³-hybridized carbons (Fsp3) is 0.800. The van der Waals surface area contributed by atoms with E-state index >= 15 is 0 Å². The minimum atomic E-state index is -0.856. The number of hydrogen-bond donors (Lipinski definition) is 2. The number of rotatable bonds is 6. The van der Waals surface area contributed by atoms with Crippen LogP contribution in [0, 0.1) is 0 Å². The molecule has 0 spiro atoms. The van der Waals surface area contributed by atoms with Gasteiger partial charge in [0.1, 0.15) is 0 Å². The fourth-order valence-corrected chi connectivity index (χ4v) is 1.21. The number of nitrogens with two attached hydrogens (primary N) is 1. The van der Waals surface area contributed by atoms with Gasteiger partial charge in [-0.15, -0.1) is 12.4 Å². The zero-order chi connectivity index (χ0) is 11.9. The molecular weight excluding hydrogens is 232 g/mol. The molecule has 0 aliphatic heterocycles. The van der Waals surface area contributed by atoms with Crippen LogP contribution in [0.4, 0.5) is 0 Å². The Kier molecular flexibility index (Phi) is 9.18. The SMILES string of the molecule is CCCC(C)(N)C(=O)NCCC(=O)OC.Cl. The molecule has 0 aliphatic carbocycles. The molecule has 0 saturated heterocycles. The molecule has 0 fully saturated rings. The Hall–Kier alpha value is -0.810. The molecule has 1 amide bonds. The molecule has 0 heterocycles. The summed E-state index contributed by atoms with van der Waals surface area (Å²) < 4.78 is 4.44. The summed E-state index contributed by atoms with van der Waals surface area (Å²) in [5.74, 6) is -0.572. The van der Waals surface area contributed by atoms with E-state index in [1.807, 2.05) is 6.92 Å². The molecule has 3 N–H and O–H groups in total. The number of hydrogen-bond acceptors (Lipinski definition) is 4. The van der Waals surface area contributed by atoms with Crippen molar-refractivity contribution in [2.45, 2.75) is 38.6 Å². The number of methoxy groups -OCH3 is 1. The molecule has 6 heteroatoms. The quantitative estimate of drug-likeness (QED) is 0.679. The first-order valence-corrected chi connectivity index (χ1v) is 5.08. The van der Waals surface area contributed by atoms with E-state index < -0.39 is 5.54 Å². The van der Waals surface area contributed by atoms with Gasteiger partial charge in [0.05, 0.1) is 19.1 Å². The Balaban J connectivity index is 0. The van der Waals surface area contributed by atoms with Crippen LogP contribution in [0.15, 0.2) is 0 Å². The van der Waals surface area contributed by atoms with Crippen LogP contribution in [-0.4, -0.2) is 31.1 Å². The minimum absolute atomic E-state index is 0. The molecule has 5 nitrogen and oxygen atoms in total. The molecule has 0 rings (SSSR count). The highest BCUT2D eigenvalue weighted by Crippen LogP contribution is 2.07. The van der Waals surface area contributed by atoms with E-state index in [4.69, 9.17) is 5.73 Å². The molecular formula is C10H21ClN2O3. The maximum atomic E-state index is 11.5. The zero-order valence-electron chi connectivity index (χ0n) is 10.0. The second-order valence-corrected chi connectivity index (χ2v) is 3.75. The third kappa shape index (κ3) is 6.63. The molecule has 0 radical (unpaired) electrons. The van der Waals surface area contributed by atoms with Crippen molar-refractivity contribution in [2.24, 2.45) is 5.73 Å². The van der Waals surface area contributed by atoms with E-state index in [1.165, 1.54) is 7.11 Å². The first-order valence-electron chi connectivity index (χ1n) is 5.08. The summed E-state index contributed by atoms with van der Waals surface area (Å²) in [6, 6.07) is 0. The Morgan fingerprint density at radius 1 is 1.44 bits per heavy atom. The molecule has 0 aromatic rings. The highest BCUT2D eigenvalue weighted by Gasteiger charge is 2.26. The molecule has 1 unspecified atom stereocenters. The first kappa shape index (κ1) is 17.6. The molecule has 16 heavy (non-hydrogen) atoms. The smallest absolute Gasteiger partial charge is 0.307 e. The number of esters is 1. The Morgan fingerprint density at radius 3 is 2.44 bits per heavy atom. The van der Waals surface area contributed by atoms with Gasteiger partial charge in [0.2, 0.25) is 5.91 Å². The van der Waals surface area contributed by atoms with Gasteiger partial charge in [-0.2, -0.15) is 0 Å². The summed E-state index contributed by atoms with van der Waals surface area (Å²) in [6.45, 7) is 3.92. The second kappa shape index (κ2) is 8.35. The van der Waals surface area contributed by atoms with E-state index in [9.17, 15) is 9.59 Å². The van der Waals surface area contributed by atoms with Gasteiger partial charge in [0.25, 0.3) is 0 Å². The molecule has 0 bridgehead atoms. The van der Waals surface area contributed by atoms with Crippen LogP contribution in [0.1, 0.15) is 33.1 Å². The van der Waals surface area contributed by atoms with Gasteiger partial charge in [0.15, 0.2) is 0 Å². The number of halogens is 1. The lowest BCUT2D eigenvalue weighted by Gasteiger charge is -2.22. The van der Waals surface area contributed by atoms with E-state index in [-0.39, 0.29) is 37.2 Å². The van der Waals surface area contributed by atoms with Crippen molar-refractivity contribution in [2.75, 3.05) is 13.7 Å². The fourth-order valence-electron chi connectivity index (χ4n) is 1.21. The van der Waals surface area contributed by atoms with Crippen molar-refractivity contribution >= 4 is 24.3 Å². The normalized spacial score (nSPS) is 13.2. The van der Waals surface area contributed by atoms with E-state index in [0.29, 0.717) is 6.42 Å². The largest absolute Gasteiger partial charge is 0.469 e. The van der Waals surface area contributed by atoms with Gasteiger partial charge in [-0.25, -0.2) is 0 Å². The third-order valence-electron chi connectivity index (χ3n) is 2.13. The van der Waals surface area contributed by atoms with Gasteiger partial charge in [0, 0.05) is 6.54 Å². The minimum Gasteiger partial charge on any atom is -0.469 e. The van der Waals surface area contributed by atoms with Gasteiger partial charge in [-0.1, -0.05) is 13.3 Å². The average molecular weight is 253 g/mol. The van der Waals surface area contributed by atoms with E-state index in [1.54, 1.807) is 6.92 Å². The number of carbonyl (C=O) groups is 2. The summed E-state index contributed by atoms with van der Waals surface area (Å²) in [5.41, 5.74) is 4.94. The standard InChI is InChI=1S/C10H20N2O3.ClH/c1-4-6-10(2,11)9(14)12-7-5-8(13)15-3;/h4-7,11H2,1-3H3,(H,12,14);1H. The molecule has 96 valence electrons. The van der Waals surface area contributed by atoms with Crippen LogP contribution in [-0.2, 0) is 14.3 Å². The van der Waals surface area contributed by atoms with E-state index in [0.717, 1.165) is 6.42 Å². The van der Waals surface area contributed by atoms with Crippen LogP contribution in [0.3, 0.4) is 0 Å². The van der Waals surface area contributed by atoms with Gasteiger partial charge < -0.3 is 15.8 Å². The summed E-state index contributed by atoms with van der Waals surface area (Å²) in [5, 5.41) is 2.61. The number of amides is 1. The molecule has 0 aromatic carbocycles. The summed E-state index contributed by atoms with van der Waals surface area (Å²) in [7, 11) is 1.31. The summed E-state index contributed by atoms with van der Waals surface area (Å²) in [6.07, 6.45) is 1.64. The van der Waals surface area contributed by atoms with Crippen LogP contribution in [0.5, 0.6) is 0 Å². The maximum absolute atomic E-state index is 11.5. The monoisotopic (exact) mass is 252 g/mol. The first-order chi connectivity index (χ1) is 6.94. The summed E-state index contributed by atoms with van der Waals surface area (Å²) >= 11 is 0. The maximum Gasteiger partial charge on any atom is 0.307 e.